The first-order valence-corrected chi connectivity index (χ1v) is 5.69. The van der Waals surface area contributed by atoms with Gasteiger partial charge in [0.05, 0.1) is 6.54 Å². The molecule has 0 spiro atoms. The zero-order chi connectivity index (χ0) is 13.8. The number of hydrogen-bond donors (Lipinski definition) is 2. The van der Waals surface area contributed by atoms with Crippen molar-refractivity contribution in [2.45, 2.75) is 19.0 Å². The van der Waals surface area contributed by atoms with Crippen LogP contribution in [0.4, 0.5) is 0 Å². The molecule has 102 valence electrons. The van der Waals surface area contributed by atoms with E-state index in [1.54, 1.807) is 0 Å². The van der Waals surface area contributed by atoms with Crippen molar-refractivity contribution < 1.29 is 19.5 Å². The maximum Gasteiger partial charge on any atom is 0.328 e. The number of rotatable bonds is 4. The summed E-state index contributed by atoms with van der Waals surface area (Å²) in [5.74, 6) is -1.88. The number of hydrogen-bond acceptors (Lipinski definition) is 5. The third-order valence-corrected chi connectivity index (χ3v) is 2.81. The number of nitrogens with one attached hydrogen (secondary N) is 1. The third-order valence-electron chi connectivity index (χ3n) is 2.81. The van der Waals surface area contributed by atoms with E-state index in [0.29, 0.717) is 6.54 Å². The Hall–Kier alpha value is -2.45. The van der Waals surface area contributed by atoms with Crippen LogP contribution < -0.4 is 5.32 Å². The van der Waals surface area contributed by atoms with Crippen LogP contribution in [0, 0.1) is 0 Å². The van der Waals surface area contributed by atoms with Gasteiger partial charge in [-0.15, -0.1) is 0 Å². The fraction of sp³-hybridized carbons (Fsp3) is 0.500. The molecule has 0 bridgehead atoms. The maximum absolute atomic E-state index is 12.0. The molecule has 1 atom stereocenters. The Morgan fingerprint density at radius 1 is 1.53 bits per heavy atom. The van der Waals surface area contributed by atoms with Crippen molar-refractivity contribution in [2.24, 2.45) is 0 Å². The number of carboxylic acids is 1. The maximum atomic E-state index is 12.0. The highest BCUT2D eigenvalue weighted by atomic mass is 16.4. The van der Waals surface area contributed by atoms with Crippen molar-refractivity contribution in [3.05, 3.63) is 12.7 Å². The zero-order valence-electron chi connectivity index (χ0n) is 10.0. The van der Waals surface area contributed by atoms with E-state index in [9.17, 15) is 14.4 Å². The molecule has 2 N–H and O–H groups in total. The number of amides is 2. The van der Waals surface area contributed by atoms with Gasteiger partial charge < -0.3 is 15.3 Å². The number of piperazine rings is 1. The fourth-order valence-electron chi connectivity index (χ4n) is 1.83. The molecule has 0 radical (unpaired) electrons. The first kappa shape index (κ1) is 13.0. The molecule has 2 rings (SSSR count). The Labute approximate surface area is 108 Å². The third kappa shape index (κ3) is 3.06. The van der Waals surface area contributed by atoms with Gasteiger partial charge in [0.25, 0.3) is 0 Å². The van der Waals surface area contributed by atoms with Gasteiger partial charge >= 0.3 is 5.97 Å². The zero-order valence-corrected chi connectivity index (χ0v) is 10.0. The molecule has 2 heterocycles. The lowest BCUT2D eigenvalue weighted by Gasteiger charge is -2.32. The molecule has 0 aromatic carbocycles. The van der Waals surface area contributed by atoms with E-state index < -0.39 is 17.9 Å². The van der Waals surface area contributed by atoms with E-state index in [4.69, 9.17) is 5.11 Å². The predicted molar refractivity (Wildman–Crippen MR) is 60.8 cm³/mol. The second-order valence-corrected chi connectivity index (χ2v) is 4.09. The number of aromatic nitrogens is 3. The lowest BCUT2D eigenvalue weighted by Crippen LogP contribution is -2.59. The lowest BCUT2D eigenvalue weighted by molar-refractivity contribution is -0.154. The quantitative estimate of drug-likeness (QED) is 0.656. The first-order valence-electron chi connectivity index (χ1n) is 5.69. The molecule has 1 aromatic rings. The van der Waals surface area contributed by atoms with Gasteiger partial charge in [0.15, 0.2) is 0 Å². The Morgan fingerprint density at radius 2 is 2.32 bits per heavy atom. The molecule has 2 amide bonds. The molecule has 1 unspecified atom stereocenters. The molecular weight excluding hydrogens is 254 g/mol. The summed E-state index contributed by atoms with van der Waals surface area (Å²) in [6.45, 7) is -0.000317. The molecule has 0 saturated carbocycles. The summed E-state index contributed by atoms with van der Waals surface area (Å²) in [5, 5.41) is 15.3. The number of carbonyl (C=O) groups is 3. The number of nitrogens with zero attached hydrogens (tertiary/aromatic N) is 4. The first-order chi connectivity index (χ1) is 9.08. The lowest BCUT2D eigenvalue weighted by atomic mass is 10.1. The van der Waals surface area contributed by atoms with Crippen molar-refractivity contribution in [1.29, 1.82) is 0 Å². The van der Waals surface area contributed by atoms with Gasteiger partial charge in [-0.05, 0) is 0 Å². The van der Waals surface area contributed by atoms with Crippen LogP contribution in [0.3, 0.4) is 0 Å². The smallest absolute Gasteiger partial charge is 0.328 e. The van der Waals surface area contributed by atoms with E-state index in [1.165, 1.54) is 17.3 Å². The van der Waals surface area contributed by atoms with Crippen molar-refractivity contribution >= 4 is 17.8 Å². The van der Waals surface area contributed by atoms with Crippen molar-refractivity contribution in [1.82, 2.24) is 25.0 Å². The highest BCUT2D eigenvalue weighted by Gasteiger charge is 2.34. The SMILES string of the molecule is O=C1CN(C(=O)CCn2cncn2)C(C(=O)O)CN1. The summed E-state index contributed by atoms with van der Waals surface area (Å²) in [6.07, 6.45) is 2.88. The summed E-state index contributed by atoms with van der Waals surface area (Å²) in [5.41, 5.74) is 0. The number of carboxylic acid groups (broad SMARTS) is 1. The monoisotopic (exact) mass is 267 g/mol. The summed E-state index contributed by atoms with van der Waals surface area (Å²) in [4.78, 5) is 39.1. The second kappa shape index (κ2) is 5.46. The Kier molecular flexibility index (Phi) is 3.74. The highest BCUT2D eigenvalue weighted by Crippen LogP contribution is 2.07. The number of aryl methyl sites for hydroxylation is 1. The van der Waals surface area contributed by atoms with E-state index in [1.807, 2.05) is 0 Å². The standard InChI is InChI=1S/C10H13N5O4/c16-8-4-15(7(3-12-8)10(18)19)9(17)1-2-14-6-11-5-13-14/h5-7H,1-4H2,(H,12,16)(H,18,19). The topological polar surface area (TPSA) is 117 Å². The van der Waals surface area contributed by atoms with E-state index in [-0.39, 0.29) is 25.4 Å². The Bertz CT molecular complexity index is 486. The molecule has 9 nitrogen and oxygen atoms in total. The van der Waals surface area contributed by atoms with Crippen LogP contribution in [0.15, 0.2) is 12.7 Å². The molecule has 1 aliphatic heterocycles. The van der Waals surface area contributed by atoms with Crippen LogP contribution >= 0.6 is 0 Å². The molecule has 1 aromatic heterocycles. The minimum atomic E-state index is -1.13. The van der Waals surface area contributed by atoms with E-state index >= 15 is 0 Å². The highest BCUT2D eigenvalue weighted by molar-refractivity contribution is 5.91. The number of aliphatic carboxylic acids is 1. The van der Waals surface area contributed by atoms with Crippen molar-refractivity contribution in [2.75, 3.05) is 13.1 Å². The fourth-order valence-corrected chi connectivity index (χ4v) is 1.83. The molecule has 19 heavy (non-hydrogen) atoms. The van der Waals surface area contributed by atoms with E-state index in [2.05, 4.69) is 15.4 Å². The molecule has 1 saturated heterocycles. The average Bonchev–Trinajstić information content (AvgIpc) is 2.88. The molecular formula is C10H13N5O4. The summed E-state index contributed by atoms with van der Waals surface area (Å²) in [6, 6.07) is -1.01. The second-order valence-electron chi connectivity index (χ2n) is 4.09. The van der Waals surface area contributed by atoms with Crippen LogP contribution in [0.25, 0.3) is 0 Å². The van der Waals surface area contributed by atoms with Crippen LogP contribution in [0.5, 0.6) is 0 Å². The summed E-state index contributed by atoms with van der Waals surface area (Å²) < 4.78 is 1.47. The van der Waals surface area contributed by atoms with Crippen LogP contribution in [-0.4, -0.2) is 61.7 Å². The summed E-state index contributed by atoms with van der Waals surface area (Å²) in [7, 11) is 0. The van der Waals surface area contributed by atoms with Gasteiger partial charge in [0, 0.05) is 13.0 Å². The molecule has 9 heteroatoms. The minimum Gasteiger partial charge on any atom is -0.480 e. The number of carbonyl (C=O) groups excluding carboxylic acids is 2. The van der Waals surface area contributed by atoms with Crippen molar-refractivity contribution in [3.8, 4) is 0 Å². The van der Waals surface area contributed by atoms with Crippen molar-refractivity contribution in [3.63, 3.8) is 0 Å². The van der Waals surface area contributed by atoms with Gasteiger partial charge in [-0.3, -0.25) is 14.3 Å². The Morgan fingerprint density at radius 3 is 2.95 bits per heavy atom. The molecule has 1 aliphatic rings. The minimum absolute atomic E-state index is 0.0662. The Balaban J connectivity index is 1.98. The van der Waals surface area contributed by atoms with Gasteiger partial charge in [-0.1, -0.05) is 0 Å². The average molecular weight is 267 g/mol. The van der Waals surface area contributed by atoms with Crippen LogP contribution in [-0.2, 0) is 20.9 Å². The predicted octanol–water partition coefficient (Wildman–Crippen LogP) is -1.92. The molecule has 1 fully saturated rings. The van der Waals surface area contributed by atoms with Gasteiger partial charge in [-0.25, -0.2) is 9.78 Å². The van der Waals surface area contributed by atoms with Crippen LogP contribution in [0.1, 0.15) is 6.42 Å². The normalized spacial score (nSPS) is 19.1. The van der Waals surface area contributed by atoms with Crippen LogP contribution in [0.2, 0.25) is 0 Å². The van der Waals surface area contributed by atoms with E-state index in [0.717, 1.165) is 4.90 Å². The van der Waals surface area contributed by atoms with Gasteiger partial charge in [0.2, 0.25) is 11.8 Å². The summed E-state index contributed by atoms with van der Waals surface area (Å²) >= 11 is 0. The largest absolute Gasteiger partial charge is 0.480 e. The van der Waals surface area contributed by atoms with Gasteiger partial charge in [-0.2, -0.15) is 5.10 Å². The van der Waals surface area contributed by atoms with Gasteiger partial charge in [0.1, 0.15) is 25.2 Å². The molecule has 0 aliphatic carbocycles.